The summed E-state index contributed by atoms with van der Waals surface area (Å²) in [5.74, 6) is 0.226. The first-order valence-corrected chi connectivity index (χ1v) is 9.48. The number of carbonyl (C=O) groups excluding carboxylic acids is 2. The lowest BCUT2D eigenvalue weighted by Crippen LogP contribution is -2.31. The van der Waals surface area contributed by atoms with E-state index in [0.717, 1.165) is 5.56 Å². The molecule has 0 saturated carbocycles. The highest BCUT2D eigenvalue weighted by Crippen LogP contribution is 2.25. The maximum atomic E-state index is 12.8. The largest absolute Gasteiger partial charge is 0.496 e. The third kappa shape index (κ3) is 5.38. The second-order valence-corrected chi connectivity index (χ2v) is 6.55. The molecule has 6 nitrogen and oxygen atoms in total. The standard InChI is InChI=1S/C24H23NO5/c1-17(21-13-8-14-29-21)25-23(26)16-30-24(27)20(18-9-4-3-5-10-18)15-19-11-6-7-12-22(19)28-2/h3-15,17H,16H2,1-2H3,(H,25,26)/b20-15+/t17-/m1/s1. The average molecular weight is 405 g/mol. The molecule has 3 rings (SSSR count). The van der Waals surface area contributed by atoms with Crippen molar-refractivity contribution in [2.45, 2.75) is 13.0 Å². The second-order valence-electron chi connectivity index (χ2n) is 6.55. The van der Waals surface area contributed by atoms with Crippen molar-refractivity contribution in [3.8, 4) is 5.75 Å². The molecule has 0 bridgehead atoms. The Bertz CT molecular complexity index is 1010. The molecule has 2 aromatic carbocycles. The topological polar surface area (TPSA) is 77.8 Å². The molecule has 1 atom stereocenters. The highest BCUT2D eigenvalue weighted by atomic mass is 16.5. The first kappa shape index (κ1) is 20.9. The van der Waals surface area contributed by atoms with Crippen molar-refractivity contribution in [3.63, 3.8) is 0 Å². The lowest BCUT2D eigenvalue weighted by atomic mass is 10.0. The number of esters is 1. The van der Waals surface area contributed by atoms with Gasteiger partial charge in [-0.2, -0.15) is 0 Å². The molecule has 1 heterocycles. The SMILES string of the molecule is COc1ccccc1/C=C(/C(=O)OCC(=O)N[C@H](C)c1ccco1)c1ccccc1. The third-order valence-corrected chi connectivity index (χ3v) is 4.43. The summed E-state index contributed by atoms with van der Waals surface area (Å²) < 4.78 is 15.9. The number of hydrogen-bond acceptors (Lipinski definition) is 5. The Morgan fingerprint density at radius 2 is 1.77 bits per heavy atom. The number of amides is 1. The number of carbonyl (C=O) groups is 2. The number of ether oxygens (including phenoxy) is 2. The minimum absolute atomic E-state index is 0.326. The smallest absolute Gasteiger partial charge is 0.339 e. The van der Waals surface area contributed by atoms with Crippen LogP contribution in [0.2, 0.25) is 0 Å². The van der Waals surface area contributed by atoms with Gasteiger partial charge in [0.05, 0.1) is 25.0 Å². The third-order valence-electron chi connectivity index (χ3n) is 4.43. The van der Waals surface area contributed by atoms with Crippen LogP contribution in [0, 0.1) is 0 Å². The Balaban J connectivity index is 1.74. The summed E-state index contributed by atoms with van der Waals surface area (Å²) in [6, 6.07) is 19.7. The number of para-hydroxylation sites is 1. The number of hydrogen-bond donors (Lipinski definition) is 1. The molecule has 0 saturated heterocycles. The Kier molecular flexibility index (Phi) is 7.05. The fraction of sp³-hybridized carbons (Fsp3) is 0.167. The van der Waals surface area contributed by atoms with Crippen molar-refractivity contribution in [1.29, 1.82) is 0 Å². The van der Waals surface area contributed by atoms with Gasteiger partial charge in [-0.05, 0) is 36.8 Å². The maximum absolute atomic E-state index is 12.8. The molecule has 0 aliphatic rings. The van der Waals surface area contributed by atoms with E-state index in [1.54, 1.807) is 32.2 Å². The zero-order valence-corrected chi connectivity index (χ0v) is 16.8. The van der Waals surface area contributed by atoms with Crippen molar-refractivity contribution < 1.29 is 23.5 Å². The van der Waals surface area contributed by atoms with E-state index >= 15 is 0 Å². The molecule has 1 aromatic heterocycles. The summed E-state index contributed by atoms with van der Waals surface area (Å²) in [6.45, 7) is 1.38. The zero-order chi connectivity index (χ0) is 21.3. The van der Waals surface area contributed by atoms with Crippen LogP contribution in [0.1, 0.15) is 29.9 Å². The molecule has 1 amide bonds. The van der Waals surface area contributed by atoms with Crippen molar-refractivity contribution >= 4 is 23.5 Å². The van der Waals surface area contributed by atoms with Crippen molar-refractivity contribution in [1.82, 2.24) is 5.32 Å². The van der Waals surface area contributed by atoms with Crippen LogP contribution in [-0.4, -0.2) is 25.6 Å². The summed E-state index contributed by atoms with van der Waals surface area (Å²) in [5.41, 5.74) is 1.73. The molecule has 0 spiro atoms. The van der Waals surface area contributed by atoms with Gasteiger partial charge in [-0.15, -0.1) is 0 Å². The minimum atomic E-state index is -0.604. The van der Waals surface area contributed by atoms with Crippen LogP contribution in [0.3, 0.4) is 0 Å². The van der Waals surface area contributed by atoms with Gasteiger partial charge in [-0.3, -0.25) is 4.79 Å². The summed E-state index contributed by atoms with van der Waals surface area (Å²) in [6.07, 6.45) is 3.23. The molecule has 0 unspecified atom stereocenters. The van der Waals surface area contributed by atoms with E-state index < -0.39 is 18.5 Å². The first-order valence-electron chi connectivity index (χ1n) is 9.48. The molecular formula is C24H23NO5. The lowest BCUT2D eigenvalue weighted by molar-refractivity contribution is -0.143. The number of nitrogens with one attached hydrogen (secondary N) is 1. The highest BCUT2D eigenvalue weighted by Gasteiger charge is 2.18. The van der Waals surface area contributed by atoms with Gasteiger partial charge in [0.25, 0.3) is 5.91 Å². The van der Waals surface area contributed by atoms with Crippen LogP contribution in [-0.2, 0) is 14.3 Å². The molecular weight excluding hydrogens is 382 g/mol. The monoisotopic (exact) mass is 405 g/mol. The predicted octanol–water partition coefficient (Wildman–Crippen LogP) is 4.25. The fourth-order valence-corrected chi connectivity index (χ4v) is 2.92. The fourth-order valence-electron chi connectivity index (χ4n) is 2.92. The Labute approximate surface area is 175 Å². The van der Waals surface area contributed by atoms with E-state index in [2.05, 4.69) is 5.32 Å². The number of methoxy groups -OCH3 is 1. The average Bonchev–Trinajstić information content (AvgIpc) is 3.32. The van der Waals surface area contributed by atoms with Crippen LogP contribution in [0.25, 0.3) is 11.6 Å². The molecule has 6 heteroatoms. The number of furan rings is 1. The first-order chi connectivity index (χ1) is 14.6. The van der Waals surface area contributed by atoms with Gasteiger partial charge >= 0.3 is 5.97 Å². The molecule has 0 aliphatic heterocycles. The predicted molar refractivity (Wildman–Crippen MR) is 114 cm³/mol. The van der Waals surface area contributed by atoms with Crippen LogP contribution in [0.5, 0.6) is 5.75 Å². The van der Waals surface area contributed by atoms with E-state index in [1.165, 1.54) is 6.26 Å². The Morgan fingerprint density at radius 1 is 1.03 bits per heavy atom. The van der Waals surface area contributed by atoms with Gasteiger partial charge in [0.2, 0.25) is 0 Å². The van der Waals surface area contributed by atoms with Crippen molar-refractivity contribution in [2.24, 2.45) is 0 Å². The second kappa shape index (κ2) is 10.1. The summed E-state index contributed by atoms with van der Waals surface area (Å²) >= 11 is 0. The van der Waals surface area contributed by atoms with Gasteiger partial charge in [0.15, 0.2) is 6.61 Å². The quantitative estimate of drug-likeness (QED) is 0.344. The molecule has 0 aliphatic carbocycles. The van der Waals surface area contributed by atoms with Gasteiger partial charge in [0.1, 0.15) is 11.5 Å². The Hall–Kier alpha value is -3.80. The van der Waals surface area contributed by atoms with E-state index in [0.29, 0.717) is 22.6 Å². The highest BCUT2D eigenvalue weighted by molar-refractivity contribution is 6.22. The normalized spacial score (nSPS) is 12.1. The van der Waals surface area contributed by atoms with Gasteiger partial charge < -0.3 is 19.2 Å². The van der Waals surface area contributed by atoms with Crippen molar-refractivity contribution in [2.75, 3.05) is 13.7 Å². The van der Waals surface area contributed by atoms with Crippen LogP contribution < -0.4 is 10.1 Å². The maximum Gasteiger partial charge on any atom is 0.339 e. The number of rotatable bonds is 8. The number of benzene rings is 2. The van der Waals surface area contributed by atoms with E-state index in [-0.39, 0.29) is 6.04 Å². The van der Waals surface area contributed by atoms with Gasteiger partial charge in [-0.25, -0.2) is 4.79 Å². The summed E-state index contributed by atoms with van der Waals surface area (Å²) in [5, 5.41) is 2.73. The summed E-state index contributed by atoms with van der Waals surface area (Å²) in [7, 11) is 1.57. The van der Waals surface area contributed by atoms with E-state index in [4.69, 9.17) is 13.9 Å². The molecule has 0 radical (unpaired) electrons. The molecule has 3 aromatic rings. The lowest BCUT2D eigenvalue weighted by Gasteiger charge is -2.13. The van der Waals surface area contributed by atoms with Crippen LogP contribution >= 0.6 is 0 Å². The van der Waals surface area contributed by atoms with Gasteiger partial charge in [-0.1, -0.05) is 48.5 Å². The van der Waals surface area contributed by atoms with Gasteiger partial charge in [0, 0.05) is 5.56 Å². The molecule has 0 fully saturated rings. The Morgan fingerprint density at radius 3 is 2.47 bits per heavy atom. The van der Waals surface area contributed by atoms with Crippen LogP contribution in [0.4, 0.5) is 0 Å². The van der Waals surface area contributed by atoms with E-state index in [1.807, 2.05) is 54.6 Å². The van der Waals surface area contributed by atoms with E-state index in [9.17, 15) is 9.59 Å². The summed E-state index contributed by atoms with van der Waals surface area (Å²) in [4.78, 5) is 25.0. The minimum Gasteiger partial charge on any atom is -0.496 e. The molecule has 154 valence electrons. The zero-order valence-electron chi connectivity index (χ0n) is 16.8. The van der Waals surface area contributed by atoms with Crippen LogP contribution in [0.15, 0.2) is 77.4 Å². The molecule has 30 heavy (non-hydrogen) atoms. The van der Waals surface area contributed by atoms with Crippen molar-refractivity contribution in [3.05, 3.63) is 89.9 Å². The molecule has 1 N–H and O–H groups in total.